The van der Waals surface area contributed by atoms with Gasteiger partial charge in [-0.25, -0.2) is 14.3 Å². The number of halogens is 1. The second kappa shape index (κ2) is 6.44. The first-order valence-corrected chi connectivity index (χ1v) is 7.85. The van der Waals surface area contributed by atoms with Crippen molar-refractivity contribution < 1.29 is 9.13 Å². The fraction of sp³-hybridized carbons (Fsp3) is 0.429. The molecule has 21 heavy (non-hydrogen) atoms. The Hall–Kier alpha value is -1.60. The first kappa shape index (κ1) is 14.3. The van der Waals surface area contributed by atoms with E-state index in [2.05, 4.69) is 10.2 Å². The van der Waals surface area contributed by atoms with Crippen molar-refractivity contribution in [3.05, 3.63) is 46.1 Å². The van der Waals surface area contributed by atoms with Gasteiger partial charge >= 0.3 is 5.69 Å². The van der Waals surface area contributed by atoms with Crippen LogP contribution in [0, 0.1) is 5.82 Å². The van der Waals surface area contributed by atoms with Crippen molar-refractivity contribution in [2.75, 3.05) is 6.61 Å². The molecule has 1 aliphatic heterocycles. The van der Waals surface area contributed by atoms with Gasteiger partial charge in [0.05, 0.1) is 12.6 Å². The number of aromatic nitrogens is 3. The van der Waals surface area contributed by atoms with Crippen LogP contribution in [0.3, 0.4) is 0 Å². The van der Waals surface area contributed by atoms with E-state index in [9.17, 15) is 9.18 Å². The molecular weight excluding hydrogens is 293 g/mol. The number of ether oxygens (including phenoxy) is 1. The lowest BCUT2D eigenvalue weighted by atomic mass is 10.2. The van der Waals surface area contributed by atoms with Gasteiger partial charge in [-0.05, 0) is 30.5 Å². The van der Waals surface area contributed by atoms with Crippen LogP contribution in [0.15, 0.2) is 34.2 Å². The molecular formula is C14H16FN3O2S. The molecule has 0 amide bonds. The molecule has 2 heterocycles. The largest absolute Gasteiger partial charge is 0.376 e. The maximum atomic E-state index is 12.9. The Labute approximate surface area is 125 Å². The van der Waals surface area contributed by atoms with Crippen molar-refractivity contribution >= 4 is 11.8 Å². The van der Waals surface area contributed by atoms with Crippen molar-refractivity contribution in [3.8, 4) is 0 Å². The van der Waals surface area contributed by atoms with Crippen LogP contribution >= 0.6 is 11.8 Å². The highest BCUT2D eigenvalue weighted by atomic mass is 32.2. The van der Waals surface area contributed by atoms with Gasteiger partial charge in [0.15, 0.2) is 5.16 Å². The van der Waals surface area contributed by atoms with Crippen LogP contribution in [0.4, 0.5) is 4.39 Å². The summed E-state index contributed by atoms with van der Waals surface area (Å²) >= 11 is 1.45. The van der Waals surface area contributed by atoms with Crippen LogP contribution in [-0.2, 0) is 17.0 Å². The molecule has 1 saturated heterocycles. The summed E-state index contributed by atoms with van der Waals surface area (Å²) in [5.74, 6) is 0.384. The summed E-state index contributed by atoms with van der Waals surface area (Å²) in [7, 11) is 0. The van der Waals surface area contributed by atoms with Gasteiger partial charge in [0, 0.05) is 12.4 Å². The average molecular weight is 309 g/mol. The molecule has 0 radical (unpaired) electrons. The molecule has 1 fully saturated rings. The number of nitrogens with zero attached hydrogens (tertiary/aromatic N) is 2. The average Bonchev–Trinajstić information content (AvgIpc) is 3.11. The predicted molar refractivity (Wildman–Crippen MR) is 77.8 cm³/mol. The number of hydrogen-bond acceptors (Lipinski definition) is 4. The molecule has 0 aliphatic carbocycles. The molecule has 1 N–H and O–H groups in total. The summed E-state index contributed by atoms with van der Waals surface area (Å²) < 4.78 is 20.0. The van der Waals surface area contributed by atoms with Gasteiger partial charge in [0.2, 0.25) is 0 Å². The molecule has 0 bridgehead atoms. The fourth-order valence-electron chi connectivity index (χ4n) is 2.29. The summed E-state index contributed by atoms with van der Waals surface area (Å²) in [6, 6.07) is 6.33. The zero-order chi connectivity index (χ0) is 14.7. The summed E-state index contributed by atoms with van der Waals surface area (Å²) in [5, 5.41) is 7.17. The highest BCUT2D eigenvalue weighted by Gasteiger charge is 2.19. The number of H-pyrrole nitrogens is 1. The van der Waals surface area contributed by atoms with E-state index in [0.29, 0.717) is 17.5 Å². The standard InChI is InChI=1S/C14H16FN3O2S/c15-11-5-3-10(4-6-11)9-21-14-17-16-13(19)18(14)8-12-2-1-7-20-12/h3-6,12H,1-2,7-9H2,(H,16,19)/t12-/m0/s1. The van der Waals surface area contributed by atoms with E-state index in [1.165, 1.54) is 23.9 Å². The van der Waals surface area contributed by atoms with Gasteiger partial charge in [-0.15, -0.1) is 5.10 Å². The molecule has 1 aliphatic rings. The zero-order valence-electron chi connectivity index (χ0n) is 11.4. The molecule has 7 heteroatoms. The third-order valence-electron chi connectivity index (χ3n) is 3.41. The van der Waals surface area contributed by atoms with E-state index in [1.54, 1.807) is 16.7 Å². The number of aromatic amines is 1. The van der Waals surface area contributed by atoms with E-state index in [4.69, 9.17) is 4.74 Å². The quantitative estimate of drug-likeness (QED) is 0.860. The maximum Gasteiger partial charge on any atom is 0.344 e. The molecule has 0 spiro atoms. The lowest BCUT2D eigenvalue weighted by Gasteiger charge is -2.10. The van der Waals surface area contributed by atoms with Crippen LogP contribution < -0.4 is 5.69 Å². The van der Waals surface area contributed by atoms with Crippen molar-refractivity contribution in [2.24, 2.45) is 0 Å². The summed E-state index contributed by atoms with van der Waals surface area (Å²) in [4.78, 5) is 11.8. The Balaban J connectivity index is 1.67. The number of nitrogens with one attached hydrogen (secondary N) is 1. The fourth-order valence-corrected chi connectivity index (χ4v) is 3.21. The second-order valence-electron chi connectivity index (χ2n) is 4.97. The van der Waals surface area contributed by atoms with E-state index >= 15 is 0 Å². The molecule has 3 rings (SSSR count). The van der Waals surface area contributed by atoms with E-state index in [0.717, 1.165) is 25.0 Å². The van der Waals surface area contributed by atoms with E-state index in [-0.39, 0.29) is 17.6 Å². The Morgan fingerprint density at radius 1 is 1.43 bits per heavy atom. The number of thioether (sulfide) groups is 1. The van der Waals surface area contributed by atoms with Crippen molar-refractivity contribution in [3.63, 3.8) is 0 Å². The maximum absolute atomic E-state index is 12.9. The molecule has 1 atom stereocenters. The van der Waals surface area contributed by atoms with Gasteiger partial charge in [-0.2, -0.15) is 0 Å². The Morgan fingerprint density at radius 3 is 2.95 bits per heavy atom. The topological polar surface area (TPSA) is 59.9 Å². The normalized spacial score (nSPS) is 18.2. The summed E-state index contributed by atoms with van der Waals surface area (Å²) in [6.07, 6.45) is 2.10. The summed E-state index contributed by atoms with van der Waals surface area (Å²) in [5.41, 5.74) is 0.771. The van der Waals surface area contributed by atoms with Crippen molar-refractivity contribution in [2.45, 2.75) is 36.4 Å². The SMILES string of the molecule is O=c1[nH]nc(SCc2ccc(F)cc2)n1C[C@@H]1CCCO1. The van der Waals surface area contributed by atoms with Gasteiger partial charge in [0.1, 0.15) is 5.82 Å². The smallest absolute Gasteiger partial charge is 0.344 e. The molecule has 112 valence electrons. The lowest BCUT2D eigenvalue weighted by molar-refractivity contribution is 0.0941. The molecule has 1 aromatic carbocycles. The number of rotatable bonds is 5. The third kappa shape index (κ3) is 3.54. The molecule has 5 nitrogen and oxygen atoms in total. The van der Waals surface area contributed by atoms with Crippen LogP contribution in [0.25, 0.3) is 0 Å². The van der Waals surface area contributed by atoms with Gasteiger partial charge in [-0.3, -0.25) is 4.57 Å². The minimum Gasteiger partial charge on any atom is -0.376 e. The van der Waals surface area contributed by atoms with Crippen LogP contribution in [0.1, 0.15) is 18.4 Å². The van der Waals surface area contributed by atoms with E-state index in [1.807, 2.05) is 0 Å². The Morgan fingerprint density at radius 2 is 2.24 bits per heavy atom. The minimum absolute atomic E-state index is 0.0884. The zero-order valence-corrected chi connectivity index (χ0v) is 12.2. The third-order valence-corrected chi connectivity index (χ3v) is 4.46. The molecule has 0 unspecified atom stereocenters. The van der Waals surface area contributed by atoms with Gasteiger partial charge < -0.3 is 4.74 Å². The molecule has 0 saturated carbocycles. The van der Waals surface area contributed by atoms with E-state index < -0.39 is 0 Å². The van der Waals surface area contributed by atoms with Gasteiger partial charge in [0.25, 0.3) is 0 Å². The highest BCUT2D eigenvalue weighted by Crippen LogP contribution is 2.21. The highest BCUT2D eigenvalue weighted by molar-refractivity contribution is 7.98. The monoisotopic (exact) mass is 309 g/mol. The van der Waals surface area contributed by atoms with Crippen molar-refractivity contribution in [1.82, 2.24) is 14.8 Å². The first-order valence-electron chi connectivity index (χ1n) is 6.86. The second-order valence-corrected chi connectivity index (χ2v) is 5.91. The van der Waals surface area contributed by atoms with Crippen LogP contribution in [0.2, 0.25) is 0 Å². The lowest BCUT2D eigenvalue weighted by Crippen LogP contribution is -2.24. The number of hydrogen-bond donors (Lipinski definition) is 1. The Bertz CT molecular complexity index is 647. The number of benzene rings is 1. The first-order chi connectivity index (χ1) is 10.2. The minimum atomic E-state index is -0.251. The summed E-state index contributed by atoms with van der Waals surface area (Å²) in [6.45, 7) is 1.29. The van der Waals surface area contributed by atoms with Crippen LogP contribution in [-0.4, -0.2) is 27.5 Å². The van der Waals surface area contributed by atoms with Crippen LogP contribution in [0.5, 0.6) is 0 Å². The van der Waals surface area contributed by atoms with Gasteiger partial charge in [-0.1, -0.05) is 23.9 Å². The molecule has 1 aromatic heterocycles. The van der Waals surface area contributed by atoms with Crippen molar-refractivity contribution in [1.29, 1.82) is 0 Å². The Kier molecular flexibility index (Phi) is 4.40. The predicted octanol–water partition coefficient (Wildman–Crippen LogP) is 2.18. The molecule has 2 aromatic rings.